The number of nitrogens with zero attached hydrogens (tertiary/aromatic N) is 1. The summed E-state index contributed by atoms with van der Waals surface area (Å²) in [6.45, 7) is 5.55. The van der Waals surface area contributed by atoms with E-state index >= 15 is 0 Å². The van der Waals surface area contributed by atoms with E-state index in [0.29, 0.717) is 11.3 Å². The Morgan fingerprint density at radius 2 is 1.41 bits per heavy atom. The molecule has 0 aliphatic carbocycles. The first kappa shape index (κ1) is 19.1. The van der Waals surface area contributed by atoms with Crippen LogP contribution in [0.3, 0.4) is 0 Å². The summed E-state index contributed by atoms with van der Waals surface area (Å²) in [5, 5.41) is 0. The molecule has 140 valence electrons. The van der Waals surface area contributed by atoms with Crippen LogP contribution >= 0.6 is 0 Å². The maximum absolute atomic E-state index is 14.3. The molecule has 0 atom stereocenters. The molecule has 5 heteroatoms. The number of aryl methyl sites for hydroxylation is 3. The second-order valence-corrected chi connectivity index (χ2v) is 8.52. The van der Waals surface area contributed by atoms with Crippen LogP contribution in [-0.4, -0.2) is 8.42 Å². The highest BCUT2D eigenvalue weighted by Gasteiger charge is 2.28. The number of halogens is 1. The molecular weight excluding hydrogens is 361 g/mol. The van der Waals surface area contributed by atoms with E-state index in [2.05, 4.69) is 0 Å². The second kappa shape index (κ2) is 7.53. The molecular formula is C22H22FNO2S. The molecule has 0 spiro atoms. The minimum atomic E-state index is -3.86. The highest BCUT2D eigenvalue weighted by atomic mass is 32.2. The van der Waals surface area contributed by atoms with Crippen molar-refractivity contribution in [3.05, 3.63) is 94.8 Å². The highest BCUT2D eigenvalue weighted by molar-refractivity contribution is 7.92. The van der Waals surface area contributed by atoms with Crippen LogP contribution in [0.5, 0.6) is 0 Å². The lowest BCUT2D eigenvalue weighted by Crippen LogP contribution is -2.32. The molecule has 0 N–H and O–H groups in total. The van der Waals surface area contributed by atoms with E-state index in [0.717, 1.165) is 16.7 Å². The number of benzene rings is 3. The number of para-hydroxylation sites is 1. The largest absolute Gasteiger partial charge is 0.264 e. The van der Waals surface area contributed by atoms with Crippen molar-refractivity contribution >= 4 is 15.7 Å². The van der Waals surface area contributed by atoms with E-state index in [-0.39, 0.29) is 11.4 Å². The molecule has 0 aromatic heterocycles. The zero-order valence-corrected chi connectivity index (χ0v) is 16.4. The second-order valence-electron chi connectivity index (χ2n) is 6.66. The first-order valence-corrected chi connectivity index (χ1v) is 10.1. The van der Waals surface area contributed by atoms with Gasteiger partial charge in [0.15, 0.2) is 0 Å². The molecule has 0 aliphatic heterocycles. The lowest BCUT2D eigenvalue weighted by Gasteiger charge is -2.28. The molecule has 0 amide bonds. The summed E-state index contributed by atoms with van der Waals surface area (Å²) < 4.78 is 42.5. The molecule has 27 heavy (non-hydrogen) atoms. The van der Waals surface area contributed by atoms with Crippen molar-refractivity contribution in [2.75, 3.05) is 4.31 Å². The van der Waals surface area contributed by atoms with E-state index in [1.54, 1.807) is 42.5 Å². The monoisotopic (exact) mass is 383 g/mol. The maximum Gasteiger partial charge on any atom is 0.264 e. The summed E-state index contributed by atoms with van der Waals surface area (Å²) >= 11 is 0. The van der Waals surface area contributed by atoms with Gasteiger partial charge in [-0.25, -0.2) is 12.8 Å². The van der Waals surface area contributed by atoms with Crippen LogP contribution in [0.25, 0.3) is 0 Å². The highest BCUT2D eigenvalue weighted by Crippen LogP contribution is 2.32. The molecule has 0 fully saturated rings. The lowest BCUT2D eigenvalue weighted by molar-refractivity contribution is 0.585. The first-order valence-electron chi connectivity index (χ1n) is 8.70. The molecule has 0 radical (unpaired) electrons. The van der Waals surface area contributed by atoms with E-state index in [4.69, 9.17) is 0 Å². The quantitative estimate of drug-likeness (QED) is 0.611. The van der Waals surface area contributed by atoms with Gasteiger partial charge in [-0.1, -0.05) is 54.1 Å². The Hall–Kier alpha value is -2.66. The van der Waals surface area contributed by atoms with E-state index in [1.807, 2.05) is 39.0 Å². The van der Waals surface area contributed by atoms with Crippen LogP contribution in [0.15, 0.2) is 71.6 Å². The number of anilines is 1. The van der Waals surface area contributed by atoms with Crippen LogP contribution in [-0.2, 0) is 16.6 Å². The van der Waals surface area contributed by atoms with Crippen molar-refractivity contribution in [1.29, 1.82) is 0 Å². The normalized spacial score (nSPS) is 11.4. The van der Waals surface area contributed by atoms with Crippen molar-refractivity contribution in [3.8, 4) is 0 Å². The Morgan fingerprint density at radius 3 is 2.00 bits per heavy atom. The maximum atomic E-state index is 14.3. The average Bonchev–Trinajstić information content (AvgIpc) is 2.62. The first-order chi connectivity index (χ1) is 12.8. The number of hydrogen-bond acceptors (Lipinski definition) is 2. The average molecular weight is 383 g/mol. The van der Waals surface area contributed by atoms with E-state index < -0.39 is 15.8 Å². The van der Waals surface area contributed by atoms with Gasteiger partial charge in [-0.15, -0.1) is 0 Å². The summed E-state index contributed by atoms with van der Waals surface area (Å²) in [7, 11) is -3.86. The minimum absolute atomic E-state index is 0.0748. The lowest BCUT2D eigenvalue weighted by atomic mass is 10.1. The SMILES string of the molecule is Cc1ccc(S(=O)(=O)N(Cc2ccccc2F)c2c(C)cccc2C)cc1. The fraction of sp³-hybridized carbons (Fsp3) is 0.182. The molecule has 0 bridgehead atoms. The van der Waals surface area contributed by atoms with Gasteiger partial charge in [0.05, 0.1) is 17.1 Å². The van der Waals surface area contributed by atoms with Crippen molar-refractivity contribution in [2.45, 2.75) is 32.2 Å². The molecule has 3 aromatic rings. The minimum Gasteiger partial charge on any atom is -0.261 e. The topological polar surface area (TPSA) is 37.4 Å². The third-order valence-electron chi connectivity index (χ3n) is 4.57. The molecule has 3 nitrogen and oxygen atoms in total. The molecule has 0 saturated heterocycles. The van der Waals surface area contributed by atoms with Crippen LogP contribution < -0.4 is 4.31 Å². The van der Waals surface area contributed by atoms with Gasteiger partial charge in [-0.05, 0) is 50.1 Å². The van der Waals surface area contributed by atoms with Gasteiger partial charge < -0.3 is 0 Å². The van der Waals surface area contributed by atoms with Gasteiger partial charge in [0.25, 0.3) is 10.0 Å². The van der Waals surface area contributed by atoms with Crippen LogP contribution in [0.4, 0.5) is 10.1 Å². The van der Waals surface area contributed by atoms with Crippen molar-refractivity contribution in [1.82, 2.24) is 0 Å². The Kier molecular flexibility index (Phi) is 5.33. The molecule has 0 aliphatic rings. The zero-order chi connectivity index (χ0) is 19.6. The third-order valence-corrected chi connectivity index (χ3v) is 6.33. The summed E-state index contributed by atoms with van der Waals surface area (Å²) in [5.41, 5.74) is 3.53. The van der Waals surface area contributed by atoms with Gasteiger partial charge in [0.2, 0.25) is 0 Å². The predicted molar refractivity (Wildman–Crippen MR) is 107 cm³/mol. The third kappa shape index (κ3) is 3.88. The fourth-order valence-corrected chi connectivity index (χ4v) is 4.67. The van der Waals surface area contributed by atoms with Crippen molar-refractivity contribution in [2.24, 2.45) is 0 Å². The van der Waals surface area contributed by atoms with E-state index in [1.165, 1.54) is 10.4 Å². The molecule has 3 rings (SSSR count). The number of hydrogen-bond donors (Lipinski definition) is 0. The fourth-order valence-electron chi connectivity index (χ4n) is 3.10. The van der Waals surface area contributed by atoms with Gasteiger partial charge >= 0.3 is 0 Å². The van der Waals surface area contributed by atoms with Crippen LogP contribution in [0.1, 0.15) is 22.3 Å². The molecule has 0 unspecified atom stereocenters. The predicted octanol–water partition coefficient (Wildman–Crippen LogP) is 5.15. The van der Waals surface area contributed by atoms with Gasteiger partial charge in [-0.3, -0.25) is 4.31 Å². The summed E-state index contributed by atoms with van der Waals surface area (Å²) in [6, 6.07) is 18.6. The standard InChI is InChI=1S/C22H22FNO2S/c1-16-11-13-20(14-12-16)27(25,26)24(15-19-9-4-5-10-21(19)23)22-17(2)7-6-8-18(22)3/h4-14H,15H2,1-3H3. The van der Waals surface area contributed by atoms with Gasteiger partial charge in [0, 0.05) is 5.56 Å². The van der Waals surface area contributed by atoms with Gasteiger partial charge in [-0.2, -0.15) is 0 Å². The van der Waals surface area contributed by atoms with Crippen LogP contribution in [0.2, 0.25) is 0 Å². The zero-order valence-electron chi connectivity index (χ0n) is 15.6. The summed E-state index contributed by atoms with van der Waals surface area (Å²) in [5.74, 6) is -0.423. The Labute approximate surface area is 160 Å². The number of rotatable bonds is 5. The Bertz CT molecular complexity index is 1040. The van der Waals surface area contributed by atoms with Crippen LogP contribution in [0, 0.1) is 26.6 Å². The molecule has 0 heterocycles. The van der Waals surface area contributed by atoms with Gasteiger partial charge in [0.1, 0.15) is 5.82 Å². The molecule has 0 saturated carbocycles. The Balaban J connectivity index is 2.18. The van der Waals surface area contributed by atoms with Crippen molar-refractivity contribution < 1.29 is 12.8 Å². The summed E-state index contributed by atoms with van der Waals surface area (Å²) in [4.78, 5) is 0.187. The van der Waals surface area contributed by atoms with E-state index in [9.17, 15) is 12.8 Å². The molecule has 3 aromatic carbocycles. The smallest absolute Gasteiger partial charge is 0.261 e. The number of sulfonamides is 1. The van der Waals surface area contributed by atoms with Crippen molar-refractivity contribution in [3.63, 3.8) is 0 Å². The summed E-state index contributed by atoms with van der Waals surface area (Å²) in [6.07, 6.45) is 0. The Morgan fingerprint density at radius 1 is 0.815 bits per heavy atom.